The van der Waals surface area contributed by atoms with Crippen molar-refractivity contribution >= 4 is 50.4 Å². The van der Waals surface area contributed by atoms with E-state index in [1.54, 1.807) is 0 Å². The molecule has 2 rings (SSSR count). The fraction of sp³-hybridized carbons (Fsp3) is 0.368. The van der Waals surface area contributed by atoms with Crippen LogP contribution in [-0.4, -0.2) is 57.5 Å². The van der Waals surface area contributed by atoms with E-state index in [0.717, 1.165) is 38.4 Å². The zero-order valence-electron chi connectivity index (χ0n) is 18.2. The van der Waals surface area contributed by atoms with Crippen molar-refractivity contribution in [1.29, 1.82) is 0 Å². The molecule has 0 radical (unpaired) electrons. The topological polar surface area (TPSA) is 187 Å². The highest BCUT2D eigenvalue weighted by Gasteiger charge is 2.37. The van der Waals surface area contributed by atoms with E-state index in [4.69, 9.17) is 27.8 Å². The second-order valence-corrected chi connectivity index (χ2v) is 9.02. The first-order chi connectivity index (χ1) is 16.4. The number of nitrogens with zero attached hydrogens (tertiary/aromatic N) is 4. The van der Waals surface area contributed by atoms with Crippen LogP contribution in [0.15, 0.2) is 47.4 Å². The van der Waals surface area contributed by atoms with Gasteiger partial charge in [-0.25, -0.2) is 0 Å². The molecule has 35 heavy (non-hydrogen) atoms. The fourth-order valence-corrected chi connectivity index (χ4v) is 4.11. The maximum absolute atomic E-state index is 10.9. The second kappa shape index (κ2) is 14.5. The van der Waals surface area contributed by atoms with E-state index in [9.17, 15) is 38.8 Å². The number of alkyl halides is 2. The number of hydrogen-bond acceptors (Lipinski definition) is 9. The summed E-state index contributed by atoms with van der Waals surface area (Å²) in [6.45, 7) is 3.00. The third-order valence-corrected chi connectivity index (χ3v) is 5.77. The molecule has 0 unspecified atom stereocenters. The Hall–Kier alpha value is -2.91. The normalized spacial score (nSPS) is 11.0. The SMILES string of the molecule is ClCCCCN(CCCl)Cc1ccccc1.O=[N+]([O-])c1cc([N+](=O)[O-])c(S(=O)(=O)O)c([N+](=O)[O-])c1. The molecule has 0 bridgehead atoms. The van der Waals surface area contributed by atoms with E-state index in [0.29, 0.717) is 5.88 Å². The molecule has 0 amide bonds. The van der Waals surface area contributed by atoms with E-state index < -0.39 is 46.8 Å². The third-order valence-electron chi connectivity index (χ3n) is 4.40. The Morgan fingerprint density at radius 1 is 0.829 bits per heavy atom. The van der Waals surface area contributed by atoms with Crippen LogP contribution in [0.3, 0.4) is 0 Å². The molecule has 0 aromatic heterocycles. The number of unbranched alkanes of at least 4 members (excludes halogenated alkanes) is 1. The lowest BCUT2D eigenvalue weighted by molar-refractivity contribution is -0.407. The van der Waals surface area contributed by atoms with Crippen LogP contribution in [0.5, 0.6) is 0 Å². The Bertz CT molecular complexity index is 1100. The fourth-order valence-electron chi connectivity index (χ4n) is 2.89. The minimum Gasteiger partial charge on any atom is -0.298 e. The van der Waals surface area contributed by atoms with Gasteiger partial charge in [-0.2, -0.15) is 8.42 Å². The predicted octanol–water partition coefficient (Wildman–Crippen LogP) is 4.40. The molecule has 1 N–H and O–H groups in total. The lowest BCUT2D eigenvalue weighted by Crippen LogP contribution is -2.26. The number of halogens is 2. The van der Waals surface area contributed by atoms with Gasteiger partial charge in [-0.15, -0.1) is 23.2 Å². The van der Waals surface area contributed by atoms with E-state index in [-0.39, 0.29) is 12.1 Å². The monoisotopic (exact) mass is 552 g/mol. The zero-order chi connectivity index (χ0) is 26.6. The first-order valence-electron chi connectivity index (χ1n) is 9.89. The first-order valence-corrected chi connectivity index (χ1v) is 12.4. The van der Waals surface area contributed by atoms with Crippen LogP contribution < -0.4 is 0 Å². The van der Waals surface area contributed by atoms with E-state index >= 15 is 0 Å². The molecule has 2 aromatic carbocycles. The average Bonchev–Trinajstić information content (AvgIpc) is 2.78. The minimum atomic E-state index is -5.30. The second-order valence-electron chi connectivity index (χ2n) is 6.91. The number of hydrogen-bond donors (Lipinski definition) is 1. The Kier molecular flexibility index (Phi) is 12.5. The van der Waals surface area contributed by atoms with Gasteiger partial charge in [0.2, 0.25) is 4.90 Å². The van der Waals surface area contributed by atoms with Crippen LogP contribution >= 0.6 is 23.2 Å². The van der Waals surface area contributed by atoms with Crippen molar-refractivity contribution in [2.45, 2.75) is 24.3 Å². The average molecular weight is 553 g/mol. The van der Waals surface area contributed by atoms with Crippen molar-refractivity contribution in [2.24, 2.45) is 0 Å². The number of nitro groups is 3. The summed E-state index contributed by atoms with van der Waals surface area (Å²) in [6, 6.07) is 10.9. The standard InChI is InChI=1S/C13H19Cl2N.C6H3N3O9S/c14-8-4-5-10-16(11-9-15)12-13-6-2-1-3-7-13;10-7(11)3-1-4(8(12)13)6(19(16,17)18)5(2-3)9(14)15/h1-3,6-7H,4-5,8-12H2;1-2H,(H,16,17,18). The number of rotatable bonds is 12. The van der Waals surface area contributed by atoms with Crippen molar-refractivity contribution in [3.05, 3.63) is 78.4 Å². The molecule has 192 valence electrons. The number of non-ortho nitro benzene ring substituents is 1. The van der Waals surface area contributed by atoms with Crippen LogP contribution in [-0.2, 0) is 16.7 Å². The highest BCUT2D eigenvalue weighted by Crippen LogP contribution is 2.36. The first kappa shape index (κ1) is 30.1. The predicted molar refractivity (Wildman–Crippen MR) is 129 cm³/mol. The summed E-state index contributed by atoms with van der Waals surface area (Å²) >= 11 is 11.5. The lowest BCUT2D eigenvalue weighted by atomic mass is 10.2. The van der Waals surface area contributed by atoms with E-state index in [1.807, 2.05) is 6.07 Å². The van der Waals surface area contributed by atoms with Crippen LogP contribution in [0.2, 0.25) is 0 Å². The molecule has 0 spiro atoms. The van der Waals surface area contributed by atoms with E-state index in [2.05, 4.69) is 29.2 Å². The van der Waals surface area contributed by atoms with Crippen LogP contribution in [0.4, 0.5) is 17.1 Å². The highest BCUT2D eigenvalue weighted by molar-refractivity contribution is 7.86. The molecule has 0 heterocycles. The van der Waals surface area contributed by atoms with Gasteiger partial charge in [-0.05, 0) is 24.9 Å². The van der Waals surface area contributed by atoms with Gasteiger partial charge >= 0.3 is 21.5 Å². The van der Waals surface area contributed by atoms with Crippen LogP contribution in [0.25, 0.3) is 0 Å². The minimum absolute atomic E-state index is 0.204. The molecule has 0 fully saturated rings. The van der Waals surface area contributed by atoms with Crippen LogP contribution in [0.1, 0.15) is 18.4 Å². The van der Waals surface area contributed by atoms with Crippen LogP contribution in [0, 0.1) is 30.3 Å². The summed E-state index contributed by atoms with van der Waals surface area (Å²) in [7, 11) is -5.30. The number of benzene rings is 2. The van der Waals surface area contributed by atoms with Gasteiger partial charge in [-0.3, -0.25) is 39.8 Å². The molecule has 0 saturated carbocycles. The highest BCUT2D eigenvalue weighted by atomic mass is 35.5. The van der Waals surface area contributed by atoms with Crippen molar-refractivity contribution in [2.75, 3.05) is 24.8 Å². The Balaban J connectivity index is 0.000000355. The molecular formula is C19H22Cl2N4O9S. The largest absolute Gasteiger partial charge is 0.308 e. The van der Waals surface area contributed by atoms with Crippen molar-refractivity contribution in [3.8, 4) is 0 Å². The summed E-state index contributed by atoms with van der Waals surface area (Å²) in [5.74, 6) is 1.44. The van der Waals surface area contributed by atoms with Crippen molar-refractivity contribution < 1.29 is 27.7 Å². The number of nitro benzene ring substituents is 3. The van der Waals surface area contributed by atoms with Gasteiger partial charge in [0.1, 0.15) is 0 Å². The molecule has 13 nitrogen and oxygen atoms in total. The van der Waals surface area contributed by atoms with E-state index in [1.165, 1.54) is 5.56 Å². The molecule has 0 aliphatic carbocycles. The van der Waals surface area contributed by atoms with Gasteiger partial charge in [0, 0.05) is 24.8 Å². The molecule has 0 aliphatic heterocycles. The summed E-state index contributed by atoms with van der Waals surface area (Å²) in [5.41, 5.74) is -2.61. The Labute approximate surface area is 210 Å². The molecule has 0 saturated heterocycles. The maximum atomic E-state index is 10.9. The maximum Gasteiger partial charge on any atom is 0.308 e. The van der Waals surface area contributed by atoms with Gasteiger partial charge in [0.05, 0.1) is 26.9 Å². The third kappa shape index (κ3) is 10.1. The Morgan fingerprint density at radius 3 is 1.77 bits per heavy atom. The quantitative estimate of drug-likeness (QED) is 0.130. The lowest BCUT2D eigenvalue weighted by Gasteiger charge is -2.21. The molecule has 0 atom stereocenters. The molecule has 2 aromatic rings. The Morgan fingerprint density at radius 2 is 1.37 bits per heavy atom. The molecule has 16 heteroatoms. The van der Waals surface area contributed by atoms with Crippen molar-refractivity contribution in [1.82, 2.24) is 4.90 Å². The van der Waals surface area contributed by atoms with Crippen molar-refractivity contribution in [3.63, 3.8) is 0 Å². The van der Waals surface area contributed by atoms with Gasteiger partial charge in [0.25, 0.3) is 5.69 Å². The summed E-state index contributed by atoms with van der Waals surface area (Å²) in [4.78, 5) is 28.5. The summed E-state index contributed by atoms with van der Waals surface area (Å²) in [5, 5.41) is 31.7. The smallest absolute Gasteiger partial charge is 0.298 e. The summed E-state index contributed by atoms with van der Waals surface area (Å²) in [6.07, 6.45) is 2.22. The molecular weight excluding hydrogens is 531 g/mol. The zero-order valence-corrected chi connectivity index (χ0v) is 20.5. The summed E-state index contributed by atoms with van der Waals surface area (Å²) < 4.78 is 30.7. The van der Waals surface area contributed by atoms with Gasteiger partial charge in [0.15, 0.2) is 0 Å². The van der Waals surface area contributed by atoms with Gasteiger partial charge < -0.3 is 0 Å². The molecule has 0 aliphatic rings. The van der Waals surface area contributed by atoms with Gasteiger partial charge in [-0.1, -0.05) is 30.3 Å².